The highest BCUT2D eigenvalue weighted by molar-refractivity contribution is 5.94. The second-order valence-corrected chi connectivity index (χ2v) is 8.07. The zero-order valence-electron chi connectivity index (χ0n) is 17.4. The van der Waals surface area contributed by atoms with Gasteiger partial charge in [0.05, 0.1) is 11.8 Å². The fourth-order valence-electron chi connectivity index (χ4n) is 4.11. The minimum Gasteiger partial charge on any atom is -0.472 e. The molecular weight excluding hydrogens is 382 g/mol. The number of piperazine rings is 1. The average Bonchev–Trinajstić information content (AvgIpc) is 3.33. The number of aromatic nitrogens is 1. The van der Waals surface area contributed by atoms with Crippen LogP contribution in [-0.2, 0) is 11.3 Å². The number of hydrogen-bond acceptors (Lipinski definition) is 6. The largest absolute Gasteiger partial charge is 0.472 e. The van der Waals surface area contributed by atoms with E-state index in [9.17, 15) is 9.59 Å². The van der Waals surface area contributed by atoms with E-state index in [1.807, 2.05) is 18.3 Å². The van der Waals surface area contributed by atoms with Crippen molar-refractivity contribution in [1.82, 2.24) is 20.1 Å². The molecule has 2 saturated heterocycles. The van der Waals surface area contributed by atoms with E-state index in [0.717, 1.165) is 37.6 Å². The molecule has 2 aromatic heterocycles. The van der Waals surface area contributed by atoms with Gasteiger partial charge in [-0.3, -0.25) is 9.59 Å². The van der Waals surface area contributed by atoms with Crippen LogP contribution in [0.4, 0.5) is 5.82 Å². The van der Waals surface area contributed by atoms with Crippen molar-refractivity contribution < 1.29 is 14.0 Å². The summed E-state index contributed by atoms with van der Waals surface area (Å²) in [5.74, 6) is 0.918. The number of likely N-dealkylation sites (N-methyl/N-ethyl adjacent to an activating group) is 1. The maximum Gasteiger partial charge on any atom is 0.257 e. The molecule has 2 fully saturated rings. The third-order valence-electron chi connectivity index (χ3n) is 6.04. The lowest BCUT2D eigenvalue weighted by molar-refractivity contribution is -0.126. The fourth-order valence-corrected chi connectivity index (χ4v) is 4.11. The second kappa shape index (κ2) is 9.30. The highest BCUT2D eigenvalue weighted by Gasteiger charge is 2.28. The van der Waals surface area contributed by atoms with Crippen LogP contribution in [0.1, 0.15) is 28.8 Å². The van der Waals surface area contributed by atoms with Gasteiger partial charge >= 0.3 is 0 Å². The van der Waals surface area contributed by atoms with Gasteiger partial charge in [-0.15, -0.1) is 0 Å². The molecule has 2 aliphatic heterocycles. The lowest BCUT2D eigenvalue weighted by Crippen LogP contribution is -2.45. The molecule has 8 heteroatoms. The molecule has 2 amide bonds. The van der Waals surface area contributed by atoms with E-state index < -0.39 is 0 Å². The van der Waals surface area contributed by atoms with E-state index in [1.54, 1.807) is 11.0 Å². The summed E-state index contributed by atoms with van der Waals surface area (Å²) >= 11 is 0. The quantitative estimate of drug-likeness (QED) is 0.805. The van der Waals surface area contributed by atoms with Crippen molar-refractivity contribution in [1.29, 1.82) is 0 Å². The van der Waals surface area contributed by atoms with Crippen molar-refractivity contribution in [2.24, 2.45) is 5.92 Å². The van der Waals surface area contributed by atoms with Crippen molar-refractivity contribution in [3.8, 4) is 0 Å². The fraction of sp³-hybridized carbons (Fsp3) is 0.500. The monoisotopic (exact) mass is 411 g/mol. The van der Waals surface area contributed by atoms with Gasteiger partial charge in [-0.2, -0.15) is 0 Å². The molecule has 1 N–H and O–H groups in total. The standard InChI is InChI=1S/C22H29N5O3/c1-25-10-12-26(13-11-25)20-18(3-2-7-23-20)15-24-21(28)17-4-8-27(9-5-17)22(29)19-6-14-30-16-19/h2-3,6-7,14,16-17H,4-5,8-13,15H2,1H3,(H,24,28). The molecule has 8 nitrogen and oxygen atoms in total. The molecule has 4 heterocycles. The summed E-state index contributed by atoms with van der Waals surface area (Å²) in [7, 11) is 2.13. The molecule has 2 aromatic rings. The number of piperidine rings is 1. The molecular formula is C22H29N5O3. The summed E-state index contributed by atoms with van der Waals surface area (Å²) in [5.41, 5.74) is 1.61. The van der Waals surface area contributed by atoms with E-state index in [4.69, 9.17) is 4.42 Å². The Kier molecular flexibility index (Phi) is 6.32. The summed E-state index contributed by atoms with van der Waals surface area (Å²) in [4.78, 5) is 36.1. The van der Waals surface area contributed by atoms with Gasteiger partial charge in [-0.25, -0.2) is 4.98 Å². The van der Waals surface area contributed by atoms with Gasteiger partial charge < -0.3 is 24.4 Å². The highest BCUT2D eigenvalue weighted by atomic mass is 16.3. The third kappa shape index (κ3) is 4.64. The van der Waals surface area contributed by atoms with Gasteiger partial charge in [-0.05, 0) is 32.0 Å². The number of pyridine rings is 1. The van der Waals surface area contributed by atoms with Gasteiger partial charge in [0.1, 0.15) is 12.1 Å². The van der Waals surface area contributed by atoms with E-state index in [2.05, 4.69) is 27.1 Å². The smallest absolute Gasteiger partial charge is 0.257 e. The van der Waals surface area contributed by atoms with Crippen LogP contribution < -0.4 is 10.2 Å². The lowest BCUT2D eigenvalue weighted by Gasteiger charge is -2.34. The van der Waals surface area contributed by atoms with Crippen LogP contribution in [0, 0.1) is 5.92 Å². The number of nitrogens with one attached hydrogen (secondary N) is 1. The molecule has 30 heavy (non-hydrogen) atoms. The Morgan fingerprint density at radius 2 is 1.90 bits per heavy atom. The number of hydrogen-bond donors (Lipinski definition) is 1. The van der Waals surface area contributed by atoms with E-state index in [0.29, 0.717) is 38.0 Å². The van der Waals surface area contributed by atoms with Gasteiger partial charge in [0.25, 0.3) is 5.91 Å². The Morgan fingerprint density at radius 1 is 1.13 bits per heavy atom. The molecule has 0 aliphatic carbocycles. The third-order valence-corrected chi connectivity index (χ3v) is 6.04. The van der Waals surface area contributed by atoms with Gasteiger partial charge in [0.2, 0.25) is 5.91 Å². The first-order chi connectivity index (χ1) is 14.6. The number of amides is 2. The molecule has 0 saturated carbocycles. The maximum atomic E-state index is 12.7. The number of carbonyl (C=O) groups excluding carboxylic acids is 2. The second-order valence-electron chi connectivity index (χ2n) is 8.07. The minimum atomic E-state index is -0.0674. The van der Waals surface area contributed by atoms with Crippen LogP contribution in [0.5, 0.6) is 0 Å². The molecule has 4 rings (SSSR count). The number of anilines is 1. The van der Waals surface area contributed by atoms with E-state index in [1.165, 1.54) is 12.5 Å². The van der Waals surface area contributed by atoms with Crippen LogP contribution in [0.25, 0.3) is 0 Å². The first-order valence-corrected chi connectivity index (χ1v) is 10.6. The highest BCUT2D eigenvalue weighted by Crippen LogP contribution is 2.21. The topological polar surface area (TPSA) is 81.9 Å². The molecule has 160 valence electrons. The van der Waals surface area contributed by atoms with Crippen molar-refractivity contribution in [2.45, 2.75) is 19.4 Å². The molecule has 0 aromatic carbocycles. The number of likely N-dealkylation sites (tertiary alicyclic amines) is 1. The van der Waals surface area contributed by atoms with Crippen molar-refractivity contribution >= 4 is 17.6 Å². The van der Waals surface area contributed by atoms with Crippen LogP contribution in [0.15, 0.2) is 41.3 Å². The number of rotatable bonds is 5. The van der Waals surface area contributed by atoms with Crippen LogP contribution in [0.2, 0.25) is 0 Å². The van der Waals surface area contributed by atoms with E-state index in [-0.39, 0.29) is 17.7 Å². The zero-order chi connectivity index (χ0) is 20.9. The summed E-state index contributed by atoms with van der Waals surface area (Å²) in [6.07, 6.45) is 6.13. The van der Waals surface area contributed by atoms with Crippen molar-refractivity contribution in [3.63, 3.8) is 0 Å². The Balaban J connectivity index is 1.29. The maximum absolute atomic E-state index is 12.7. The number of carbonyl (C=O) groups is 2. The van der Waals surface area contributed by atoms with Crippen molar-refractivity contribution in [2.75, 3.05) is 51.2 Å². The first kappa shape index (κ1) is 20.4. The predicted octanol–water partition coefficient (Wildman–Crippen LogP) is 1.59. The summed E-state index contributed by atoms with van der Waals surface area (Å²) < 4.78 is 5.00. The van der Waals surface area contributed by atoms with Crippen molar-refractivity contribution in [3.05, 3.63) is 48.0 Å². The Labute approximate surface area is 176 Å². The van der Waals surface area contributed by atoms with Gasteiger partial charge in [0.15, 0.2) is 0 Å². The summed E-state index contributed by atoms with van der Waals surface area (Å²) in [5, 5.41) is 3.09. The molecule has 0 atom stereocenters. The Morgan fingerprint density at radius 3 is 2.60 bits per heavy atom. The lowest BCUT2D eigenvalue weighted by atomic mass is 9.95. The van der Waals surface area contributed by atoms with Crippen LogP contribution in [0.3, 0.4) is 0 Å². The minimum absolute atomic E-state index is 0.0326. The normalized spacial score (nSPS) is 18.4. The van der Waals surface area contributed by atoms with Gasteiger partial charge in [0, 0.05) is 63.5 Å². The Bertz CT molecular complexity index is 853. The molecule has 0 radical (unpaired) electrons. The first-order valence-electron chi connectivity index (χ1n) is 10.6. The zero-order valence-corrected chi connectivity index (χ0v) is 17.4. The van der Waals surface area contributed by atoms with Crippen LogP contribution in [-0.4, -0.2) is 72.9 Å². The van der Waals surface area contributed by atoms with Crippen LogP contribution >= 0.6 is 0 Å². The summed E-state index contributed by atoms with van der Waals surface area (Å²) in [6, 6.07) is 5.63. The number of furan rings is 1. The average molecular weight is 412 g/mol. The van der Waals surface area contributed by atoms with Gasteiger partial charge in [-0.1, -0.05) is 6.07 Å². The molecule has 2 aliphatic rings. The predicted molar refractivity (Wildman–Crippen MR) is 113 cm³/mol. The molecule has 0 unspecified atom stereocenters. The summed E-state index contributed by atoms with van der Waals surface area (Å²) in [6.45, 7) is 5.55. The SMILES string of the molecule is CN1CCN(c2ncccc2CNC(=O)C2CCN(C(=O)c3ccoc3)CC2)CC1. The van der Waals surface area contributed by atoms with E-state index >= 15 is 0 Å². The molecule has 0 spiro atoms. The Hall–Kier alpha value is -2.87. The number of nitrogens with zero attached hydrogens (tertiary/aromatic N) is 4. The molecule has 0 bridgehead atoms.